The minimum absolute atomic E-state index is 0.147. The number of nitrogens with one attached hydrogen (secondary N) is 1. The molecule has 1 N–H and O–H groups in total. The average Bonchev–Trinajstić information content (AvgIpc) is 2.31. The van der Waals surface area contributed by atoms with Crippen LogP contribution in [0.1, 0.15) is 13.8 Å². The zero-order valence-corrected chi connectivity index (χ0v) is 12.6. The van der Waals surface area contributed by atoms with Crippen LogP contribution >= 0.6 is 11.6 Å². The molecule has 106 valence electrons. The van der Waals surface area contributed by atoms with Gasteiger partial charge < -0.3 is 19.7 Å². The number of anilines is 2. The van der Waals surface area contributed by atoms with E-state index in [1.165, 1.54) is 0 Å². The van der Waals surface area contributed by atoms with Crippen molar-refractivity contribution in [1.82, 2.24) is 0 Å². The lowest BCUT2D eigenvalue weighted by Crippen LogP contribution is -2.45. The molecule has 0 aliphatic carbocycles. The van der Waals surface area contributed by atoms with Crippen molar-refractivity contribution < 1.29 is 9.47 Å². The zero-order chi connectivity index (χ0) is 14.0. The van der Waals surface area contributed by atoms with Gasteiger partial charge in [-0.15, -0.1) is 0 Å². The second-order valence-electron chi connectivity index (χ2n) is 5.42. The van der Waals surface area contributed by atoms with Gasteiger partial charge in [-0.05, 0) is 32.0 Å². The van der Waals surface area contributed by atoms with E-state index in [0.717, 1.165) is 16.4 Å². The summed E-state index contributed by atoms with van der Waals surface area (Å²) in [6.45, 7) is 5.10. The highest BCUT2D eigenvalue weighted by Gasteiger charge is 2.28. The molecule has 1 heterocycles. The molecule has 0 atom stereocenters. The summed E-state index contributed by atoms with van der Waals surface area (Å²) in [5.41, 5.74) is 1.98. The molecule has 4 nitrogen and oxygen atoms in total. The molecule has 1 aromatic rings. The van der Waals surface area contributed by atoms with Crippen molar-refractivity contribution in [2.45, 2.75) is 25.7 Å². The Morgan fingerprint density at radius 2 is 1.89 bits per heavy atom. The highest BCUT2D eigenvalue weighted by atomic mass is 35.5. The van der Waals surface area contributed by atoms with Gasteiger partial charge in [0.1, 0.15) is 0 Å². The number of nitrogens with zero attached hydrogens (tertiary/aromatic N) is 1. The lowest BCUT2D eigenvalue weighted by atomic mass is 10.2. The maximum absolute atomic E-state index is 6.24. The molecule has 1 aliphatic heterocycles. The maximum Gasteiger partial charge on any atom is 0.162 e. The Labute approximate surface area is 119 Å². The molecule has 0 radical (unpaired) electrons. The van der Waals surface area contributed by atoms with Gasteiger partial charge in [0.2, 0.25) is 0 Å². The van der Waals surface area contributed by atoms with Crippen LogP contribution in [0.3, 0.4) is 0 Å². The Morgan fingerprint density at radius 1 is 1.26 bits per heavy atom. The Bertz CT molecular complexity index is 439. The van der Waals surface area contributed by atoms with Crippen molar-refractivity contribution in [2.24, 2.45) is 0 Å². The van der Waals surface area contributed by atoms with Crippen molar-refractivity contribution >= 4 is 23.0 Å². The van der Waals surface area contributed by atoms with Crippen LogP contribution in [0.5, 0.6) is 0 Å². The summed E-state index contributed by atoms with van der Waals surface area (Å²) < 4.78 is 11.2. The minimum atomic E-state index is -0.482. The third-order valence-electron chi connectivity index (χ3n) is 3.06. The van der Waals surface area contributed by atoms with Gasteiger partial charge >= 0.3 is 0 Å². The Hall–Kier alpha value is -0.970. The summed E-state index contributed by atoms with van der Waals surface area (Å²) in [5.74, 6) is -0.482. The number of halogens is 1. The van der Waals surface area contributed by atoms with Gasteiger partial charge in [-0.2, -0.15) is 0 Å². The highest BCUT2D eigenvalue weighted by molar-refractivity contribution is 6.33. The van der Waals surface area contributed by atoms with E-state index in [1.54, 1.807) is 0 Å². The quantitative estimate of drug-likeness (QED) is 0.925. The molecule has 0 saturated carbocycles. The molecule has 0 aromatic heterocycles. The first-order valence-corrected chi connectivity index (χ1v) is 6.76. The van der Waals surface area contributed by atoms with Crippen LogP contribution in [0, 0.1) is 0 Å². The van der Waals surface area contributed by atoms with Crippen molar-refractivity contribution in [2.75, 3.05) is 37.5 Å². The topological polar surface area (TPSA) is 33.7 Å². The van der Waals surface area contributed by atoms with Crippen LogP contribution in [0.25, 0.3) is 0 Å². The van der Waals surface area contributed by atoms with E-state index < -0.39 is 5.79 Å². The van der Waals surface area contributed by atoms with E-state index in [9.17, 15) is 0 Å². The maximum atomic E-state index is 6.24. The van der Waals surface area contributed by atoms with Crippen LogP contribution in [-0.4, -0.2) is 39.1 Å². The fourth-order valence-corrected chi connectivity index (χ4v) is 2.32. The molecule has 1 aliphatic rings. The average molecular weight is 285 g/mol. The van der Waals surface area contributed by atoms with E-state index >= 15 is 0 Å². The molecular weight excluding hydrogens is 264 g/mol. The van der Waals surface area contributed by atoms with E-state index in [1.807, 2.05) is 51.0 Å². The minimum Gasteiger partial charge on any atom is -0.378 e. The van der Waals surface area contributed by atoms with Crippen LogP contribution < -0.4 is 10.2 Å². The molecule has 0 spiro atoms. The molecule has 1 aromatic carbocycles. The van der Waals surface area contributed by atoms with Gasteiger partial charge in [0.15, 0.2) is 5.79 Å². The number of rotatable bonds is 3. The predicted molar refractivity (Wildman–Crippen MR) is 79.2 cm³/mol. The van der Waals surface area contributed by atoms with Gasteiger partial charge in [-0.3, -0.25) is 0 Å². The van der Waals surface area contributed by atoms with Gasteiger partial charge in [0.25, 0.3) is 0 Å². The van der Waals surface area contributed by atoms with E-state index in [0.29, 0.717) is 13.2 Å². The normalized spacial score (nSPS) is 19.2. The Kier molecular flexibility index (Phi) is 4.23. The number of hydrogen-bond donors (Lipinski definition) is 1. The summed E-state index contributed by atoms with van der Waals surface area (Å²) in [4.78, 5) is 1.99. The summed E-state index contributed by atoms with van der Waals surface area (Å²) in [7, 11) is 3.94. The van der Waals surface area contributed by atoms with Crippen molar-refractivity contribution in [1.29, 1.82) is 0 Å². The molecular formula is C14H21ClN2O2. The number of ether oxygens (including phenoxy) is 2. The Balaban J connectivity index is 1.99. The van der Waals surface area contributed by atoms with E-state index in [2.05, 4.69) is 5.32 Å². The molecule has 0 unspecified atom stereocenters. The van der Waals surface area contributed by atoms with E-state index in [-0.39, 0.29) is 6.04 Å². The molecule has 19 heavy (non-hydrogen) atoms. The standard InChI is InChI=1S/C14H21ClN2O2/c1-14(2)18-8-11(9-19-14)16-10-5-6-13(17(3)4)12(15)7-10/h5-7,11,16H,8-9H2,1-4H3. The molecule has 5 heteroatoms. The third-order valence-corrected chi connectivity index (χ3v) is 3.37. The summed E-state index contributed by atoms with van der Waals surface area (Å²) >= 11 is 6.24. The Morgan fingerprint density at radius 3 is 2.42 bits per heavy atom. The zero-order valence-electron chi connectivity index (χ0n) is 11.9. The van der Waals surface area contributed by atoms with Crippen LogP contribution in [-0.2, 0) is 9.47 Å². The molecule has 1 fully saturated rings. The fraction of sp³-hybridized carbons (Fsp3) is 0.571. The summed E-state index contributed by atoms with van der Waals surface area (Å²) in [5, 5.41) is 4.10. The van der Waals surface area contributed by atoms with Crippen molar-refractivity contribution in [3.8, 4) is 0 Å². The molecule has 0 amide bonds. The van der Waals surface area contributed by atoms with Crippen LogP contribution in [0.15, 0.2) is 18.2 Å². The fourth-order valence-electron chi connectivity index (χ4n) is 1.97. The SMILES string of the molecule is CN(C)c1ccc(NC2COC(C)(C)OC2)cc1Cl. The first kappa shape index (κ1) is 14.4. The monoisotopic (exact) mass is 284 g/mol. The van der Waals surface area contributed by atoms with Crippen molar-refractivity contribution in [3.63, 3.8) is 0 Å². The van der Waals surface area contributed by atoms with Crippen LogP contribution in [0.2, 0.25) is 5.02 Å². The predicted octanol–water partition coefficient (Wildman–Crippen LogP) is 2.97. The molecule has 2 rings (SSSR count). The smallest absolute Gasteiger partial charge is 0.162 e. The second kappa shape index (κ2) is 5.57. The van der Waals surface area contributed by atoms with Gasteiger partial charge in [0, 0.05) is 19.8 Å². The first-order valence-electron chi connectivity index (χ1n) is 6.39. The van der Waals surface area contributed by atoms with Crippen molar-refractivity contribution in [3.05, 3.63) is 23.2 Å². The lowest BCUT2D eigenvalue weighted by molar-refractivity contribution is -0.247. The first-order chi connectivity index (χ1) is 8.87. The third kappa shape index (κ3) is 3.75. The largest absolute Gasteiger partial charge is 0.378 e. The number of benzene rings is 1. The van der Waals surface area contributed by atoms with Gasteiger partial charge in [0.05, 0.1) is 30.0 Å². The lowest BCUT2D eigenvalue weighted by Gasteiger charge is -2.35. The highest BCUT2D eigenvalue weighted by Crippen LogP contribution is 2.28. The molecule has 0 bridgehead atoms. The van der Waals surface area contributed by atoms with E-state index in [4.69, 9.17) is 21.1 Å². The molecule has 1 saturated heterocycles. The summed E-state index contributed by atoms with van der Waals surface area (Å²) in [6.07, 6.45) is 0. The van der Waals surface area contributed by atoms with Gasteiger partial charge in [-0.1, -0.05) is 11.6 Å². The second-order valence-corrected chi connectivity index (χ2v) is 5.83. The van der Waals surface area contributed by atoms with Crippen LogP contribution in [0.4, 0.5) is 11.4 Å². The number of hydrogen-bond acceptors (Lipinski definition) is 4. The summed E-state index contributed by atoms with van der Waals surface area (Å²) in [6, 6.07) is 6.09. The van der Waals surface area contributed by atoms with Gasteiger partial charge in [-0.25, -0.2) is 0 Å².